The van der Waals surface area contributed by atoms with E-state index in [4.69, 9.17) is 4.74 Å². The van der Waals surface area contributed by atoms with Crippen molar-refractivity contribution in [3.8, 4) is 5.69 Å². The quantitative estimate of drug-likeness (QED) is 0.611. The van der Waals surface area contributed by atoms with Gasteiger partial charge in [-0.1, -0.05) is 45.8 Å². The molecule has 1 fully saturated rings. The molecule has 0 saturated carbocycles. The van der Waals surface area contributed by atoms with Gasteiger partial charge in [0.25, 0.3) is 0 Å². The van der Waals surface area contributed by atoms with Crippen molar-refractivity contribution in [2.45, 2.75) is 19.7 Å². The number of ether oxygens (including phenoxy) is 1. The zero-order valence-corrected chi connectivity index (χ0v) is 15.8. The van der Waals surface area contributed by atoms with Crippen LogP contribution in [-0.4, -0.2) is 22.6 Å². The van der Waals surface area contributed by atoms with Gasteiger partial charge in [0.2, 0.25) is 0 Å². The van der Waals surface area contributed by atoms with Crippen LogP contribution in [0, 0.1) is 6.92 Å². The lowest BCUT2D eigenvalue weighted by Gasteiger charge is -2.22. The van der Waals surface area contributed by atoms with Crippen LogP contribution < -0.4 is 0 Å². The molecule has 3 nitrogen and oxygen atoms in total. The van der Waals surface area contributed by atoms with Crippen molar-refractivity contribution < 1.29 is 4.74 Å². The third kappa shape index (κ3) is 3.71. The number of benzene rings is 2. The zero-order chi connectivity index (χ0) is 17.2. The molecule has 128 valence electrons. The van der Waals surface area contributed by atoms with Crippen LogP contribution in [-0.2, 0) is 11.3 Å². The van der Waals surface area contributed by atoms with Crippen molar-refractivity contribution >= 4 is 15.9 Å². The molecule has 0 aliphatic carbocycles. The second-order valence-corrected chi connectivity index (χ2v) is 7.43. The van der Waals surface area contributed by atoms with E-state index < -0.39 is 0 Å². The molecule has 1 aromatic heterocycles. The average molecular weight is 397 g/mol. The second kappa shape index (κ2) is 7.16. The molecule has 0 radical (unpaired) electrons. The molecule has 1 atom stereocenters. The minimum Gasteiger partial charge on any atom is -0.357 e. The summed E-state index contributed by atoms with van der Waals surface area (Å²) in [4.78, 5) is 2.40. The highest BCUT2D eigenvalue weighted by atomic mass is 79.9. The molecule has 4 heteroatoms. The van der Waals surface area contributed by atoms with Crippen LogP contribution in [0.25, 0.3) is 5.69 Å². The van der Waals surface area contributed by atoms with Crippen LogP contribution in [0.5, 0.6) is 0 Å². The van der Waals surface area contributed by atoms with Crippen LogP contribution >= 0.6 is 15.9 Å². The fourth-order valence-electron chi connectivity index (χ4n) is 3.35. The van der Waals surface area contributed by atoms with Gasteiger partial charge in [-0.2, -0.15) is 0 Å². The molecule has 0 N–H and O–H groups in total. The summed E-state index contributed by atoms with van der Waals surface area (Å²) in [6, 6.07) is 19.2. The van der Waals surface area contributed by atoms with Gasteiger partial charge in [0.1, 0.15) is 6.23 Å². The highest BCUT2D eigenvalue weighted by molar-refractivity contribution is 9.10. The molecule has 0 unspecified atom stereocenters. The van der Waals surface area contributed by atoms with E-state index in [1.807, 2.05) is 0 Å². The van der Waals surface area contributed by atoms with E-state index in [-0.39, 0.29) is 6.23 Å². The summed E-state index contributed by atoms with van der Waals surface area (Å²) in [5.74, 6) is 0. The van der Waals surface area contributed by atoms with Gasteiger partial charge in [-0.3, -0.25) is 4.90 Å². The third-order valence-corrected chi connectivity index (χ3v) is 5.11. The summed E-state index contributed by atoms with van der Waals surface area (Å²) in [6.45, 7) is 4.79. The number of aromatic nitrogens is 1. The summed E-state index contributed by atoms with van der Waals surface area (Å²) in [5, 5.41) is 0. The standard InChI is InChI=1S/C21H21BrN2O/c1-16-3-2-4-17(13-16)14-24-11-12-25-21(24)18-9-10-23(15-18)20-7-5-19(22)6-8-20/h2-10,13,15,21H,11-12,14H2,1H3/t21-/m0/s1. The minimum absolute atomic E-state index is 0.0252. The molecule has 2 heterocycles. The summed E-state index contributed by atoms with van der Waals surface area (Å²) in [6.07, 6.45) is 4.30. The van der Waals surface area contributed by atoms with Gasteiger partial charge < -0.3 is 9.30 Å². The van der Waals surface area contributed by atoms with Gasteiger partial charge >= 0.3 is 0 Å². The summed E-state index contributed by atoms with van der Waals surface area (Å²) in [5.41, 5.74) is 4.99. The molecule has 1 saturated heterocycles. The van der Waals surface area contributed by atoms with Crippen molar-refractivity contribution in [3.05, 3.63) is 88.2 Å². The Labute approximate surface area is 157 Å². The monoisotopic (exact) mass is 396 g/mol. The van der Waals surface area contributed by atoms with Crippen LogP contribution in [0.3, 0.4) is 0 Å². The Morgan fingerprint density at radius 1 is 1.12 bits per heavy atom. The Hall–Kier alpha value is -1.88. The molecular formula is C21H21BrN2O. The lowest BCUT2D eigenvalue weighted by molar-refractivity contribution is 0.0288. The van der Waals surface area contributed by atoms with E-state index in [0.717, 1.165) is 29.9 Å². The van der Waals surface area contributed by atoms with Crippen LogP contribution in [0.2, 0.25) is 0 Å². The highest BCUT2D eigenvalue weighted by Gasteiger charge is 2.27. The number of hydrogen-bond acceptors (Lipinski definition) is 2. The first-order valence-electron chi connectivity index (χ1n) is 8.54. The predicted octanol–water partition coefficient (Wildman–Crippen LogP) is 5.08. The maximum absolute atomic E-state index is 6.03. The number of halogens is 1. The molecule has 3 aromatic rings. The normalized spacial score (nSPS) is 17.9. The van der Waals surface area contributed by atoms with Crippen molar-refractivity contribution in [3.63, 3.8) is 0 Å². The minimum atomic E-state index is 0.0252. The van der Waals surface area contributed by atoms with E-state index >= 15 is 0 Å². The molecule has 0 amide bonds. The molecule has 0 bridgehead atoms. The van der Waals surface area contributed by atoms with E-state index in [1.54, 1.807) is 0 Å². The Morgan fingerprint density at radius 2 is 1.96 bits per heavy atom. The van der Waals surface area contributed by atoms with Gasteiger partial charge in [-0.15, -0.1) is 0 Å². The highest BCUT2D eigenvalue weighted by Crippen LogP contribution is 2.29. The molecular weight excluding hydrogens is 376 g/mol. The maximum Gasteiger partial charge on any atom is 0.138 e. The van der Waals surface area contributed by atoms with Gasteiger partial charge in [0.05, 0.1) is 6.61 Å². The topological polar surface area (TPSA) is 17.4 Å². The molecule has 0 spiro atoms. The first-order valence-corrected chi connectivity index (χ1v) is 9.33. The second-order valence-electron chi connectivity index (χ2n) is 6.51. The summed E-state index contributed by atoms with van der Waals surface area (Å²) < 4.78 is 9.26. The molecule has 4 rings (SSSR count). The number of nitrogens with zero attached hydrogens (tertiary/aromatic N) is 2. The molecule has 1 aliphatic heterocycles. The van der Waals surface area contributed by atoms with Gasteiger partial charge in [-0.05, 0) is 42.8 Å². The van der Waals surface area contributed by atoms with Gasteiger partial charge in [0.15, 0.2) is 0 Å². The SMILES string of the molecule is Cc1cccc(CN2CCO[C@H]2c2ccn(-c3ccc(Br)cc3)c2)c1. The maximum atomic E-state index is 6.03. The molecule has 1 aliphatic rings. The Bertz CT molecular complexity index is 856. The Kier molecular flexibility index (Phi) is 4.75. The zero-order valence-electron chi connectivity index (χ0n) is 14.2. The van der Waals surface area contributed by atoms with E-state index in [9.17, 15) is 0 Å². The lowest BCUT2D eigenvalue weighted by atomic mass is 10.1. The first-order chi connectivity index (χ1) is 12.2. The Morgan fingerprint density at radius 3 is 2.76 bits per heavy atom. The van der Waals surface area contributed by atoms with E-state index in [0.29, 0.717) is 0 Å². The molecule has 25 heavy (non-hydrogen) atoms. The van der Waals surface area contributed by atoms with Crippen molar-refractivity contribution in [1.82, 2.24) is 9.47 Å². The summed E-state index contributed by atoms with van der Waals surface area (Å²) >= 11 is 3.49. The van der Waals surface area contributed by atoms with Crippen molar-refractivity contribution in [2.24, 2.45) is 0 Å². The summed E-state index contributed by atoms with van der Waals surface area (Å²) in [7, 11) is 0. The van der Waals surface area contributed by atoms with E-state index in [1.165, 1.54) is 16.7 Å². The van der Waals surface area contributed by atoms with Crippen LogP contribution in [0.15, 0.2) is 71.5 Å². The average Bonchev–Trinajstić information content (AvgIpc) is 3.25. The van der Waals surface area contributed by atoms with Crippen LogP contribution in [0.4, 0.5) is 0 Å². The first kappa shape index (κ1) is 16.6. The smallest absolute Gasteiger partial charge is 0.138 e. The van der Waals surface area contributed by atoms with Crippen molar-refractivity contribution in [2.75, 3.05) is 13.2 Å². The van der Waals surface area contributed by atoms with Gasteiger partial charge in [-0.25, -0.2) is 0 Å². The predicted molar refractivity (Wildman–Crippen MR) is 104 cm³/mol. The van der Waals surface area contributed by atoms with Gasteiger partial charge in [0, 0.05) is 41.2 Å². The molecule has 2 aromatic carbocycles. The number of rotatable bonds is 4. The fraction of sp³-hybridized carbons (Fsp3) is 0.238. The largest absolute Gasteiger partial charge is 0.357 e. The third-order valence-electron chi connectivity index (χ3n) is 4.58. The number of hydrogen-bond donors (Lipinski definition) is 0. The Balaban J connectivity index is 1.53. The van der Waals surface area contributed by atoms with E-state index in [2.05, 4.69) is 99.3 Å². The number of aryl methyl sites for hydroxylation is 1. The van der Waals surface area contributed by atoms with Crippen molar-refractivity contribution in [1.29, 1.82) is 0 Å². The fourth-order valence-corrected chi connectivity index (χ4v) is 3.62. The lowest BCUT2D eigenvalue weighted by Crippen LogP contribution is -2.23. The van der Waals surface area contributed by atoms with Crippen LogP contribution in [0.1, 0.15) is 22.9 Å².